The smallest absolute Gasteiger partial charge is 0.236 e. The van der Waals surface area contributed by atoms with E-state index in [1.165, 1.54) is 6.07 Å². The molecule has 0 fully saturated rings. The van der Waals surface area contributed by atoms with Crippen molar-refractivity contribution in [1.29, 1.82) is 0 Å². The van der Waals surface area contributed by atoms with Crippen LogP contribution in [0.1, 0.15) is 5.69 Å². The molecule has 0 aromatic carbocycles. The van der Waals surface area contributed by atoms with Crippen LogP contribution in [0.25, 0.3) is 0 Å². The molecule has 0 saturated carbocycles. The molecule has 0 spiro atoms. The van der Waals surface area contributed by atoms with Crippen LogP contribution < -0.4 is 0 Å². The number of halogens is 4. The molecule has 0 radical (unpaired) electrons. The summed E-state index contributed by atoms with van der Waals surface area (Å²) >= 11 is 0. The number of alkyl halides is 3. The first-order chi connectivity index (χ1) is 5.91. The van der Waals surface area contributed by atoms with Crippen molar-refractivity contribution in [3.63, 3.8) is 0 Å². The van der Waals surface area contributed by atoms with Crippen LogP contribution in [0.2, 0.25) is 0 Å². The van der Waals surface area contributed by atoms with Crippen molar-refractivity contribution in [2.75, 3.05) is 0 Å². The van der Waals surface area contributed by atoms with E-state index >= 15 is 0 Å². The lowest BCUT2D eigenvalue weighted by Crippen LogP contribution is -2.08. The minimum Gasteiger partial charge on any atom is -0.236 e. The first-order valence-electron chi connectivity index (χ1n) is 3.03. The molecule has 72 valence electrons. The van der Waals surface area contributed by atoms with E-state index in [0.717, 1.165) is 12.1 Å². The maximum absolute atomic E-state index is 12.0. The highest BCUT2D eigenvalue weighted by Crippen LogP contribution is 2.27. The average Bonchev–Trinajstić information content (AvgIpc) is 2.03. The molecule has 1 heterocycles. The Kier molecular flexibility index (Phi) is 2.92. The van der Waals surface area contributed by atoms with Crippen LogP contribution >= 0.6 is 10.7 Å². The van der Waals surface area contributed by atoms with Crippen molar-refractivity contribution < 1.29 is 17.4 Å². The molecule has 0 N–H and O–H groups in total. The molecule has 0 aliphatic carbocycles. The van der Waals surface area contributed by atoms with Gasteiger partial charge in [-0.3, -0.25) is 0 Å². The molecule has 0 aliphatic heterocycles. The highest BCUT2D eigenvalue weighted by molar-refractivity contribution is 8.08. The van der Waals surface area contributed by atoms with Gasteiger partial charge in [0.1, 0.15) is 10.7 Å². The van der Waals surface area contributed by atoms with Gasteiger partial charge in [-0.25, -0.2) is 9.19 Å². The van der Waals surface area contributed by atoms with Crippen molar-refractivity contribution >= 4 is 20.7 Å². The highest BCUT2D eigenvalue weighted by Gasteiger charge is 2.32. The van der Waals surface area contributed by atoms with E-state index < -0.39 is 21.9 Å². The fourth-order valence-electron chi connectivity index (χ4n) is 0.662. The largest absolute Gasteiger partial charge is 0.433 e. The Bertz CT molecular complexity index is 341. The fourth-order valence-corrected chi connectivity index (χ4v) is 1.28. The van der Waals surface area contributed by atoms with Gasteiger partial charge in [-0.2, -0.15) is 13.2 Å². The number of hydrogen-bond acceptors (Lipinski definition) is 2. The molecule has 13 heavy (non-hydrogen) atoms. The van der Waals surface area contributed by atoms with Crippen molar-refractivity contribution in [2.45, 2.75) is 11.2 Å². The van der Waals surface area contributed by atoms with Crippen molar-refractivity contribution in [3.05, 3.63) is 23.9 Å². The first kappa shape index (κ1) is 10.5. The van der Waals surface area contributed by atoms with E-state index in [0.29, 0.717) is 0 Å². The summed E-state index contributed by atoms with van der Waals surface area (Å²) in [6.07, 6.45) is -4.54. The molecule has 2 nitrogen and oxygen atoms in total. The zero-order valence-corrected chi connectivity index (χ0v) is 7.58. The maximum atomic E-state index is 12.0. The van der Waals surface area contributed by atoms with Crippen LogP contribution in [0.15, 0.2) is 23.2 Å². The van der Waals surface area contributed by atoms with Gasteiger partial charge in [0.05, 0.1) is 0 Å². The van der Waals surface area contributed by atoms with Crippen LogP contribution in [0, 0.1) is 0 Å². The Morgan fingerprint density at radius 3 is 2.46 bits per heavy atom. The third kappa shape index (κ3) is 2.67. The quantitative estimate of drug-likeness (QED) is 0.692. The molecule has 0 amide bonds. The van der Waals surface area contributed by atoms with Crippen LogP contribution in [0.5, 0.6) is 0 Å². The van der Waals surface area contributed by atoms with Crippen LogP contribution in [0.3, 0.4) is 0 Å². The molecule has 0 saturated heterocycles. The Morgan fingerprint density at radius 2 is 2.00 bits per heavy atom. The van der Waals surface area contributed by atoms with Gasteiger partial charge in [-0.1, -0.05) is 6.07 Å². The van der Waals surface area contributed by atoms with Crippen molar-refractivity contribution in [2.24, 2.45) is 0 Å². The highest BCUT2D eigenvalue weighted by atomic mass is 35.7. The first-order valence-corrected chi connectivity index (χ1v) is 5.01. The molecule has 1 unspecified atom stereocenters. The lowest BCUT2D eigenvalue weighted by Gasteiger charge is -2.04. The summed E-state index contributed by atoms with van der Waals surface area (Å²) in [5, 5.41) is -0.295. The molecule has 1 atom stereocenters. The van der Waals surface area contributed by atoms with Gasteiger partial charge in [-0.05, 0) is 22.8 Å². The standard InChI is InChI=1S/C6H3ClF3NOS/c7-13(12)5-3-1-2-4(11-5)6(8,9)10/h1-3H. The van der Waals surface area contributed by atoms with Gasteiger partial charge >= 0.3 is 6.18 Å². The Balaban J connectivity index is 3.13. The predicted molar refractivity (Wildman–Crippen MR) is 41.5 cm³/mol. The van der Waals surface area contributed by atoms with Gasteiger partial charge in [0, 0.05) is 0 Å². The van der Waals surface area contributed by atoms with Gasteiger partial charge in [0.25, 0.3) is 0 Å². The van der Waals surface area contributed by atoms with Crippen LogP contribution in [-0.2, 0) is 16.2 Å². The minimum absolute atomic E-state index is 0.295. The second kappa shape index (κ2) is 3.63. The van der Waals surface area contributed by atoms with Crippen LogP contribution in [0.4, 0.5) is 13.2 Å². The average molecular weight is 230 g/mol. The van der Waals surface area contributed by atoms with Gasteiger partial charge in [0.2, 0.25) is 0 Å². The molecule has 0 bridgehead atoms. The van der Waals surface area contributed by atoms with Crippen molar-refractivity contribution in [3.8, 4) is 0 Å². The Morgan fingerprint density at radius 1 is 1.38 bits per heavy atom. The fraction of sp³-hybridized carbons (Fsp3) is 0.167. The van der Waals surface area contributed by atoms with Crippen LogP contribution in [-0.4, -0.2) is 9.19 Å². The molecule has 1 aromatic rings. The SMILES string of the molecule is O=S(Cl)c1cccc(C(F)(F)F)n1. The van der Waals surface area contributed by atoms with E-state index in [1.807, 2.05) is 0 Å². The summed E-state index contributed by atoms with van der Waals surface area (Å²) in [5.74, 6) is 0. The monoisotopic (exact) mass is 229 g/mol. The summed E-state index contributed by atoms with van der Waals surface area (Å²) in [7, 11) is 3.05. The minimum atomic E-state index is -4.54. The number of rotatable bonds is 1. The molecular weight excluding hydrogens is 227 g/mol. The Labute approximate surface area is 78.7 Å². The third-order valence-electron chi connectivity index (χ3n) is 1.18. The summed E-state index contributed by atoms with van der Waals surface area (Å²) < 4.78 is 46.7. The van der Waals surface area contributed by atoms with Gasteiger partial charge in [-0.15, -0.1) is 0 Å². The molecular formula is C6H3ClF3NOS. The Hall–Kier alpha value is -0.620. The normalized spacial score (nSPS) is 14.2. The number of nitrogens with zero attached hydrogens (tertiary/aromatic N) is 1. The number of pyridine rings is 1. The number of aromatic nitrogens is 1. The second-order valence-corrected chi connectivity index (χ2v) is 3.79. The molecule has 1 rings (SSSR count). The van der Waals surface area contributed by atoms with E-state index in [4.69, 9.17) is 10.7 Å². The van der Waals surface area contributed by atoms with E-state index in [9.17, 15) is 17.4 Å². The number of hydrogen-bond donors (Lipinski definition) is 0. The second-order valence-electron chi connectivity index (χ2n) is 2.08. The molecule has 0 aliphatic rings. The van der Waals surface area contributed by atoms with E-state index in [-0.39, 0.29) is 5.03 Å². The summed E-state index contributed by atoms with van der Waals surface area (Å²) in [6.45, 7) is 0. The van der Waals surface area contributed by atoms with Gasteiger partial charge < -0.3 is 0 Å². The zero-order chi connectivity index (χ0) is 10.1. The summed E-state index contributed by atoms with van der Waals surface area (Å²) in [6, 6.07) is 3.05. The lowest BCUT2D eigenvalue weighted by molar-refractivity contribution is -0.141. The molecule has 7 heteroatoms. The topological polar surface area (TPSA) is 30.0 Å². The van der Waals surface area contributed by atoms with E-state index in [1.54, 1.807) is 0 Å². The third-order valence-corrected chi connectivity index (χ3v) is 2.21. The summed E-state index contributed by atoms with van der Waals surface area (Å²) in [5.41, 5.74) is -1.10. The molecule has 1 aromatic heterocycles. The van der Waals surface area contributed by atoms with Gasteiger partial charge in [0.15, 0.2) is 10.0 Å². The van der Waals surface area contributed by atoms with Crippen molar-refractivity contribution in [1.82, 2.24) is 4.98 Å². The summed E-state index contributed by atoms with van der Waals surface area (Å²) in [4.78, 5) is 3.09. The zero-order valence-electron chi connectivity index (χ0n) is 6.01. The maximum Gasteiger partial charge on any atom is 0.433 e. The predicted octanol–water partition coefficient (Wildman–Crippen LogP) is 2.36. The lowest BCUT2D eigenvalue weighted by atomic mass is 10.3. The van der Waals surface area contributed by atoms with E-state index in [2.05, 4.69) is 4.98 Å².